The number of nitrogens with zero attached hydrogens (tertiary/aromatic N) is 2. The lowest BCUT2D eigenvalue weighted by Gasteiger charge is -2.10. The Labute approximate surface area is 154 Å². The monoisotopic (exact) mass is 348 g/mol. The van der Waals surface area contributed by atoms with E-state index in [1.165, 1.54) is 0 Å². The summed E-state index contributed by atoms with van der Waals surface area (Å²) < 4.78 is 0. The van der Waals surface area contributed by atoms with Gasteiger partial charge in [-0.3, -0.25) is 14.8 Å². The Morgan fingerprint density at radius 3 is 3.00 bits per heavy atom. The zero-order valence-electron chi connectivity index (χ0n) is 15.2. The molecule has 134 valence electrons. The topological polar surface area (TPSA) is 80.4 Å². The Hall–Kier alpha value is -2.95. The van der Waals surface area contributed by atoms with Gasteiger partial charge < -0.3 is 11.1 Å². The van der Waals surface area contributed by atoms with Gasteiger partial charge in [0.1, 0.15) is 0 Å². The van der Waals surface area contributed by atoms with Gasteiger partial charge in [-0.1, -0.05) is 32.0 Å². The predicted molar refractivity (Wildman–Crippen MR) is 106 cm³/mol. The van der Waals surface area contributed by atoms with Gasteiger partial charge in [-0.05, 0) is 30.0 Å². The van der Waals surface area contributed by atoms with E-state index in [2.05, 4.69) is 29.1 Å². The number of aliphatic imine (C=N–C) groups is 1. The number of hydrogen-bond acceptors (Lipinski definition) is 4. The van der Waals surface area contributed by atoms with Gasteiger partial charge in [0, 0.05) is 54.0 Å². The Morgan fingerprint density at radius 1 is 1.38 bits per heavy atom. The highest BCUT2D eigenvalue weighted by Gasteiger charge is 2.20. The number of rotatable bonds is 6. The maximum atomic E-state index is 12.0. The minimum absolute atomic E-state index is 0.0378. The third-order valence-corrected chi connectivity index (χ3v) is 4.43. The molecular weight excluding hydrogens is 324 g/mol. The molecule has 26 heavy (non-hydrogen) atoms. The van der Waals surface area contributed by atoms with Gasteiger partial charge in [0.15, 0.2) is 0 Å². The van der Waals surface area contributed by atoms with Crippen molar-refractivity contribution in [1.82, 2.24) is 10.3 Å². The molecule has 0 bridgehead atoms. The second kappa shape index (κ2) is 7.95. The molecule has 1 aliphatic heterocycles. The molecule has 0 fully saturated rings. The SMILES string of the molecule is CC(C)CCN=CC(=CN)c1cccnc1-c1ccc2c(c1)C(=O)NC2. The molecule has 0 atom stereocenters. The number of nitrogens with two attached hydrogens (primary N) is 1. The number of nitrogens with one attached hydrogen (secondary N) is 1. The molecule has 1 aromatic heterocycles. The molecule has 3 N–H and O–H groups in total. The second-order valence-electron chi connectivity index (χ2n) is 6.79. The van der Waals surface area contributed by atoms with E-state index in [0.717, 1.165) is 40.9 Å². The van der Waals surface area contributed by atoms with Crippen molar-refractivity contribution in [3.63, 3.8) is 0 Å². The van der Waals surface area contributed by atoms with Gasteiger partial charge in [-0.2, -0.15) is 0 Å². The number of benzene rings is 1. The number of hydrogen-bond donors (Lipinski definition) is 2. The summed E-state index contributed by atoms with van der Waals surface area (Å²) in [5.41, 5.74) is 11.0. The van der Waals surface area contributed by atoms with Crippen LogP contribution in [-0.2, 0) is 6.54 Å². The van der Waals surface area contributed by atoms with Gasteiger partial charge in [-0.25, -0.2) is 0 Å². The number of amides is 1. The van der Waals surface area contributed by atoms with Crippen molar-refractivity contribution >= 4 is 17.7 Å². The minimum atomic E-state index is -0.0378. The van der Waals surface area contributed by atoms with Crippen molar-refractivity contribution in [3.05, 3.63) is 59.4 Å². The van der Waals surface area contributed by atoms with Gasteiger partial charge in [0.25, 0.3) is 5.91 Å². The molecule has 2 heterocycles. The van der Waals surface area contributed by atoms with E-state index in [9.17, 15) is 4.79 Å². The van der Waals surface area contributed by atoms with Gasteiger partial charge in [0.2, 0.25) is 0 Å². The first kappa shape index (κ1) is 17.9. The van der Waals surface area contributed by atoms with Crippen molar-refractivity contribution in [2.75, 3.05) is 6.54 Å². The van der Waals surface area contributed by atoms with Crippen molar-refractivity contribution in [2.45, 2.75) is 26.8 Å². The molecule has 0 saturated heterocycles. The number of carbonyl (C=O) groups excluding carboxylic acids is 1. The average Bonchev–Trinajstić information content (AvgIpc) is 3.02. The maximum absolute atomic E-state index is 12.0. The highest BCUT2D eigenvalue weighted by atomic mass is 16.1. The summed E-state index contributed by atoms with van der Waals surface area (Å²) in [6.45, 7) is 5.71. The van der Waals surface area contributed by atoms with E-state index in [1.54, 1.807) is 12.4 Å². The molecule has 0 radical (unpaired) electrons. The van der Waals surface area contributed by atoms with Crippen LogP contribution in [-0.4, -0.2) is 23.7 Å². The van der Waals surface area contributed by atoms with Crippen LogP contribution in [0, 0.1) is 5.92 Å². The zero-order valence-corrected chi connectivity index (χ0v) is 15.2. The van der Waals surface area contributed by atoms with Crippen molar-refractivity contribution < 1.29 is 4.79 Å². The first-order valence-corrected chi connectivity index (χ1v) is 8.88. The number of pyridine rings is 1. The molecule has 1 aliphatic rings. The van der Waals surface area contributed by atoms with E-state index in [0.29, 0.717) is 18.0 Å². The molecule has 0 spiro atoms. The van der Waals surface area contributed by atoms with E-state index in [1.807, 2.05) is 36.5 Å². The first-order valence-electron chi connectivity index (χ1n) is 8.88. The normalized spacial score (nSPS) is 14.1. The molecule has 2 aromatic rings. The van der Waals surface area contributed by atoms with Crippen LogP contribution in [0.15, 0.2) is 47.7 Å². The molecule has 0 aliphatic carbocycles. The minimum Gasteiger partial charge on any atom is -0.404 e. The molecular formula is C21H24N4O. The third kappa shape index (κ3) is 3.82. The summed E-state index contributed by atoms with van der Waals surface area (Å²) in [4.78, 5) is 21.0. The zero-order chi connectivity index (χ0) is 18.5. The highest BCUT2D eigenvalue weighted by Crippen LogP contribution is 2.29. The predicted octanol–water partition coefficient (Wildman–Crippen LogP) is 3.41. The van der Waals surface area contributed by atoms with Crippen molar-refractivity contribution in [3.8, 4) is 11.3 Å². The van der Waals surface area contributed by atoms with Crippen molar-refractivity contribution in [1.29, 1.82) is 0 Å². The molecule has 1 aromatic carbocycles. The van der Waals surface area contributed by atoms with Crippen LogP contribution in [0.25, 0.3) is 16.8 Å². The average molecular weight is 348 g/mol. The number of allylic oxidation sites excluding steroid dienone is 1. The van der Waals surface area contributed by atoms with Crippen LogP contribution in [0.5, 0.6) is 0 Å². The van der Waals surface area contributed by atoms with Gasteiger partial charge in [0.05, 0.1) is 5.69 Å². The second-order valence-corrected chi connectivity index (χ2v) is 6.79. The molecule has 0 saturated carbocycles. The fourth-order valence-electron chi connectivity index (χ4n) is 2.93. The Morgan fingerprint density at radius 2 is 2.23 bits per heavy atom. The van der Waals surface area contributed by atoms with Crippen LogP contribution in [0.4, 0.5) is 0 Å². The first-order chi connectivity index (χ1) is 12.6. The molecule has 3 rings (SSSR count). The smallest absolute Gasteiger partial charge is 0.251 e. The van der Waals surface area contributed by atoms with Crippen LogP contribution in [0.1, 0.15) is 41.8 Å². The molecule has 5 heteroatoms. The molecule has 1 amide bonds. The molecule has 0 unspecified atom stereocenters. The lowest BCUT2D eigenvalue weighted by Crippen LogP contribution is -2.12. The lowest BCUT2D eigenvalue weighted by molar-refractivity contribution is 0.0966. The number of fused-ring (bicyclic) bond motifs is 1. The van der Waals surface area contributed by atoms with Gasteiger partial charge in [-0.15, -0.1) is 0 Å². The summed E-state index contributed by atoms with van der Waals surface area (Å²) in [5.74, 6) is 0.577. The van der Waals surface area contributed by atoms with Crippen LogP contribution in [0.2, 0.25) is 0 Å². The highest BCUT2D eigenvalue weighted by molar-refractivity contribution is 6.12. The summed E-state index contributed by atoms with van der Waals surface area (Å²) >= 11 is 0. The van der Waals surface area contributed by atoms with Crippen LogP contribution in [0.3, 0.4) is 0 Å². The van der Waals surface area contributed by atoms with Gasteiger partial charge >= 0.3 is 0 Å². The quantitative estimate of drug-likeness (QED) is 0.785. The van der Waals surface area contributed by atoms with Crippen LogP contribution >= 0.6 is 0 Å². The van der Waals surface area contributed by atoms with E-state index in [4.69, 9.17) is 5.73 Å². The number of aromatic nitrogens is 1. The largest absolute Gasteiger partial charge is 0.404 e. The number of carbonyl (C=O) groups is 1. The molecule has 5 nitrogen and oxygen atoms in total. The van der Waals surface area contributed by atoms with Crippen molar-refractivity contribution in [2.24, 2.45) is 16.6 Å². The standard InChI is InChI=1S/C21H24N4O/c1-14(2)7-9-23-12-17(11-22)18-4-3-8-24-20(18)15-5-6-16-13-25-21(26)19(16)10-15/h3-6,8,10-12,14H,7,9,13,22H2,1-2H3,(H,25,26). The Bertz CT molecular complexity index is 868. The Kier molecular flexibility index (Phi) is 5.46. The summed E-state index contributed by atoms with van der Waals surface area (Å²) in [5, 5.41) is 2.84. The third-order valence-electron chi connectivity index (χ3n) is 4.43. The summed E-state index contributed by atoms with van der Waals surface area (Å²) in [7, 11) is 0. The Balaban J connectivity index is 1.93. The van der Waals surface area contributed by atoms with E-state index < -0.39 is 0 Å². The van der Waals surface area contributed by atoms with E-state index in [-0.39, 0.29) is 5.91 Å². The summed E-state index contributed by atoms with van der Waals surface area (Å²) in [6.07, 6.45) is 6.15. The van der Waals surface area contributed by atoms with Crippen LogP contribution < -0.4 is 11.1 Å². The summed E-state index contributed by atoms with van der Waals surface area (Å²) in [6, 6.07) is 9.72. The fourth-order valence-corrected chi connectivity index (χ4v) is 2.93. The van der Waals surface area contributed by atoms with E-state index >= 15 is 0 Å². The lowest BCUT2D eigenvalue weighted by atomic mass is 9.97. The fraction of sp³-hybridized carbons (Fsp3) is 0.286. The maximum Gasteiger partial charge on any atom is 0.251 e.